The molecule has 0 aromatic heterocycles. The maximum atomic E-state index is 13.7. The number of benzene rings is 1. The van der Waals surface area contributed by atoms with Gasteiger partial charge in [0, 0.05) is 5.56 Å². The lowest BCUT2D eigenvalue weighted by Crippen LogP contribution is -2.57. The first-order valence-electron chi connectivity index (χ1n) is 11.9. The van der Waals surface area contributed by atoms with Crippen LogP contribution in [0.1, 0.15) is 16.8 Å². The molecule has 0 bridgehead atoms. The summed E-state index contributed by atoms with van der Waals surface area (Å²) in [5.74, 6) is -3.23. The smallest absolute Gasteiger partial charge is 0.193 e. The summed E-state index contributed by atoms with van der Waals surface area (Å²) in [5.41, 5.74) is 0.589. The summed E-state index contributed by atoms with van der Waals surface area (Å²) in [6.45, 7) is 3.96. The van der Waals surface area contributed by atoms with Crippen molar-refractivity contribution in [1.82, 2.24) is 0 Å². The Morgan fingerprint density at radius 2 is 1.24 bits per heavy atom. The summed E-state index contributed by atoms with van der Waals surface area (Å²) >= 11 is 0. The van der Waals surface area contributed by atoms with E-state index in [1.54, 1.807) is 12.1 Å². The molecule has 0 amide bonds. The van der Waals surface area contributed by atoms with E-state index >= 15 is 0 Å². The standard InChI is InChI=1S/C25H30O9/c26-23(17-4-2-1-3-5-17)22-6-7-24(31-12-18-8-27-18,32-13-19-9-28-19)16-25(22,33-14-20-10-29-20)34-15-21-11-30-21/h1-7,18-22H,8-16H2. The lowest BCUT2D eigenvalue weighted by Gasteiger charge is -2.47. The average molecular weight is 475 g/mol. The summed E-state index contributed by atoms with van der Waals surface area (Å²) in [5, 5.41) is 0. The Morgan fingerprint density at radius 3 is 1.71 bits per heavy atom. The quantitative estimate of drug-likeness (QED) is 0.172. The first kappa shape index (κ1) is 22.8. The largest absolute Gasteiger partial charge is 0.371 e. The predicted molar refractivity (Wildman–Crippen MR) is 116 cm³/mol. The minimum Gasteiger partial charge on any atom is -0.371 e. The maximum Gasteiger partial charge on any atom is 0.193 e. The van der Waals surface area contributed by atoms with E-state index in [0.29, 0.717) is 58.4 Å². The fourth-order valence-corrected chi connectivity index (χ4v) is 4.13. The second kappa shape index (κ2) is 9.40. The molecule has 1 aromatic rings. The number of ether oxygens (including phenoxy) is 8. The van der Waals surface area contributed by atoms with Gasteiger partial charge in [-0.2, -0.15) is 0 Å². The van der Waals surface area contributed by atoms with Crippen molar-refractivity contribution in [3.63, 3.8) is 0 Å². The van der Waals surface area contributed by atoms with Crippen LogP contribution in [0.4, 0.5) is 0 Å². The Labute approximate surface area is 198 Å². The highest BCUT2D eigenvalue weighted by molar-refractivity contribution is 5.99. The summed E-state index contributed by atoms with van der Waals surface area (Å²) in [7, 11) is 0. The van der Waals surface area contributed by atoms with Gasteiger partial charge in [-0.25, -0.2) is 0 Å². The SMILES string of the molecule is O=C(c1ccccc1)C1C=CC(OCC2CO2)(OCC2CO2)CC1(OCC1CO1)OCC1CO1. The second-order valence-corrected chi connectivity index (χ2v) is 9.43. The normalized spacial score (nSPS) is 39.6. The topological polar surface area (TPSA) is 104 Å². The van der Waals surface area contributed by atoms with Gasteiger partial charge in [-0.1, -0.05) is 36.4 Å². The Balaban J connectivity index is 1.32. The van der Waals surface area contributed by atoms with Crippen LogP contribution in [-0.4, -0.2) is 94.6 Å². The zero-order valence-electron chi connectivity index (χ0n) is 19.0. The number of hydrogen-bond acceptors (Lipinski definition) is 9. The molecule has 5 atom stereocenters. The van der Waals surface area contributed by atoms with Crippen LogP contribution in [-0.2, 0) is 37.9 Å². The Hall–Kier alpha value is -1.69. The van der Waals surface area contributed by atoms with E-state index in [1.807, 2.05) is 30.4 Å². The van der Waals surface area contributed by atoms with Crippen LogP contribution >= 0.6 is 0 Å². The van der Waals surface area contributed by atoms with Gasteiger partial charge in [-0.3, -0.25) is 4.79 Å². The number of carbonyl (C=O) groups excluding carboxylic acids is 1. The van der Waals surface area contributed by atoms with Crippen LogP contribution in [0.25, 0.3) is 0 Å². The van der Waals surface area contributed by atoms with Crippen molar-refractivity contribution in [2.24, 2.45) is 5.92 Å². The third kappa shape index (κ3) is 5.58. The van der Waals surface area contributed by atoms with Crippen LogP contribution in [0.3, 0.4) is 0 Å². The van der Waals surface area contributed by atoms with Gasteiger partial charge in [0.05, 0.1) is 65.2 Å². The lowest BCUT2D eigenvalue weighted by atomic mass is 9.80. The van der Waals surface area contributed by atoms with E-state index in [9.17, 15) is 4.79 Å². The van der Waals surface area contributed by atoms with Crippen molar-refractivity contribution in [3.8, 4) is 0 Å². The highest BCUT2D eigenvalue weighted by Gasteiger charge is 2.55. The van der Waals surface area contributed by atoms with Gasteiger partial charge in [-0.05, 0) is 6.08 Å². The Morgan fingerprint density at radius 1 is 0.765 bits per heavy atom. The van der Waals surface area contributed by atoms with Crippen molar-refractivity contribution >= 4 is 5.78 Å². The zero-order chi connectivity index (χ0) is 23.0. The van der Waals surface area contributed by atoms with E-state index in [2.05, 4.69) is 0 Å². The van der Waals surface area contributed by atoms with Crippen molar-refractivity contribution in [2.45, 2.75) is 42.4 Å². The van der Waals surface area contributed by atoms with Gasteiger partial charge in [0.1, 0.15) is 24.4 Å². The fourth-order valence-electron chi connectivity index (χ4n) is 4.13. The van der Waals surface area contributed by atoms with Crippen LogP contribution in [0, 0.1) is 5.92 Å². The van der Waals surface area contributed by atoms with Crippen LogP contribution < -0.4 is 0 Å². The molecule has 9 nitrogen and oxygen atoms in total. The van der Waals surface area contributed by atoms with Crippen molar-refractivity contribution in [3.05, 3.63) is 48.0 Å². The van der Waals surface area contributed by atoms with Gasteiger partial charge >= 0.3 is 0 Å². The van der Waals surface area contributed by atoms with Crippen molar-refractivity contribution in [2.75, 3.05) is 52.9 Å². The molecule has 4 fully saturated rings. The molecule has 4 aliphatic heterocycles. The van der Waals surface area contributed by atoms with Crippen LogP contribution in [0.2, 0.25) is 0 Å². The molecule has 0 radical (unpaired) electrons. The molecule has 34 heavy (non-hydrogen) atoms. The average Bonchev–Trinajstić information content (AvgIpc) is 3.71. The Kier molecular flexibility index (Phi) is 6.29. The summed E-state index contributed by atoms with van der Waals surface area (Å²) in [6, 6.07) is 9.19. The van der Waals surface area contributed by atoms with E-state index in [0.717, 1.165) is 0 Å². The van der Waals surface area contributed by atoms with Gasteiger partial charge in [0.25, 0.3) is 0 Å². The number of carbonyl (C=O) groups is 1. The molecule has 0 N–H and O–H groups in total. The predicted octanol–water partition coefficient (Wildman–Crippen LogP) is 1.50. The summed E-state index contributed by atoms with van der Waals surface area (Å²) in [4.78, 5) is 13.7. The fraction of sp³-hybridized carbons (Fsp3) is 0.640. The molecular formula is C25H30O9. The second-order valence-electron chi connectivity index (χ2n) is 9.43. The lowest BCUT2D eigenvalue weighted by molar-refractivity contribution is -0.318. The van der Waals surface area contributed by atoms with Crippen molar-refractivity contribution in [1.29, 1.82) is 0 Å². The van der Waals surface area contributed by atoms with E-state index < -0.39 is 17.5 Å². The summed E-state index contributed by atoms with van der Waals surface area (Å²) < 4.78 is 46.9. The van der Waals surface area contributed by atoms with E-state index in [4.69, 9.17) is 37.9 Å². The first-order valence-corrected chi connectivity index (χ1v) is 11.9. The number of Topliss-reactive ketones (excluding diaryl/α,β-unsaturated/α-hetero) is 1. The van der Waals surface area contributed by atoms with Crippen molar-refractivity contribution < 1.29 is 42.7 Å². The number of hydrogen-bond donors (Lipinski definition) is 0. The summed E-state index contributed by atoms with van der Waals surface area (Å²) in [6.07, 6.45) is 3.89. The molecule has 1 aromatic carbocycles. The highest BCUT2D eigenvalue weighted by atomic mass is 16.7. The minimum absolute atomic E-state index is 0.00741. The van der Waals surface area contributed by atoms with Gasteiger partial charge in [0.2, 0.25) is 0 Å². The number of rotatable bonds is 14. The maximum absolute atomic E-state index is 13.7. The van der Waals surface area contributed by atoms with Crippen LogP contribution in [0.5, 0.6) is 0 Å². The zero-order valence-corrected chi connectivity index (χ0v) is 19.0. The molecule has 5 unspecified atom stereocenters. The Bertz CT molecular complexity index is 855. The molecule has 184 valence electrons. The number of ketones is 1. The molecule has 4 saturated heterocycles. The van der Waals surface area contributed by atoms with E-state index in [-0.39, 0.29) is 36.6 Å². The van der Waals surface area contributed by atoms with Gasteiger partial charge in [-0.15, -0.1) is 0 Å². The monoisotopic (exact) mass is 474 g/mol. The molecular weight excluding hydrogens is 444 g/mol. The molecule has 0 spiro atoms. The third-order valence-corrected chi connectivity index (χ3v) is 6.51. The molecule has 5 aliphatic rings. The molecule has 1 aliphatic carbocycles. The third-order valence-electron chi connectivity index (χ3n) is 6.51. The van der Waals surface area contributed by atoms with Gasteiger partial charge in [0.15, 0.2) is 17.4 Å². The molecule has 9 heteroatoms. The van der Waals surface area contributed by atoms with Crippen LogP contribution in [0.15, 0.2) is 42.5 Å². The molecule has 4 heterocycles. The molecule has 0 saturated carbocycles. The first-order chi connectivity index (χ1) is 16.6. The van der Waals surface area contributed by atoms with Gasteiger partial charge < -0.3 is 37.9 Å². The molecule has 6 rings (SSSR count). The van der Waals surface area contributed by atoms with E-state index in [1.165, 1.54) is 0 Å². The highest BCUT2D eigenvalue weighted by Crippen LogP contribution is 2.44. The minimum atomic E-state index is -1.31. The number of epoxide rings is 4.